The van der Waals surface area contributed by atoms with E-state index in [-0.39, 0.29) is 11.8 Å². The normalized spacial score (nSPS) is 14.8. The Morgan fingerprint density at radius 1 is 1.25 bits per heavy atom. The van der Waals surface area contributed by atoms with E-state index in [1.165, 1.54) is 6.92 Å². The van der Waals surface area contributed by atoms with Crippen LogP contribution in [0.2, 0.25) is 19.6 Å². The Balaban J connectivity index is 4.23. The highest BCUT2D eigenvalue weighted by Crippen LogP contribution is 2.20. The molecule has 72 valence electrons. The topological polar surface area (TPSA) is 9.23 Å². The number of alkyl halides is 3. The van der Waals surface area contributed by atoms with Gasteiger partial charge in [-0.1, -0.05) is 0 Å². The molecule has 12 heavy (non-hydrogen) atoms. The Morgan fingerprint density at radius 3 is 1.92 bits per heavy atom. The maximum absolute atomic E-state index is 11.7. The van der Waals surface area contributed by atoms with Gasteiger partial charge in [0.2, 0.25) is 8.32 Å². The molecule has 0 aromatic carbocycles. The van der Waals surface area contributed by atoms with Crippen molar-refractivity contribution in [1.29, 1.82) is 0 Å². The fraction of sp³-hybridized carbons (Fsp3) is 0.714. The summed E-state index contributed by atoms with van der Waals surface area (Å²) in [6.07, 6.45) is -4.09. The predicted molar refractivity (Wildman–Crippen MR) is 44.2 cm³/mol. The van der Waals surface area contributed by atoms with Crippen molar-refractivity contribution in [2.24, 2.45) is 0 Å². The van der Waals surface area contributed by atoms with Crippen LogP contribution in [0.15, 0.2) is 11.8 Å². The number of halogens is 3. The van der Waals surface area contributed by atoms with Gasteiger partial charge < -0.3 is 4.43 Å². The highest BCUT2D eigenvalue weighted by molar-refractivity contribution is 6.70. The second-order valence-electron chi connectivity index (χ2n) is 3.51. The molecular formula is C7H13F3OSi. The van der Waals surface area contributed by atoms with Gasteiger partial charge in [0.25, 0.3) is 0 Å². The first-order valence-corrected chi connectivity index (χ1v) is 6.96. The summed E-state index contributed by atoms with van der Waals surface area (Å²) in [6.45, 7) is 6.83. The van der Waals surface area contributed by atoms with E-state index in [9.17, 15) is 13.2 Å². The molecule has 0 saturated heterocycles. The second kappa shape index (κ2) is 3.51. The lowest BCUT2D eigenvalue weighted by molar-refractivity contribution is -0.0818. The molecule has 0 fully saturated rings. The number of hydrogen-bond acceptors (Lipinski definition) is 1. The molecule has 0 aliphatic carbocycles. The van der Waals surface area contributed by atoms with Crippen LogP contribution in [0.1, 0.15) is 6.92 Å². The van der Waals surface area contributed by atoms with E-state index in [1.807, 2.05) is 19.6 Å². The number of allylic oxidation sites excluding steroid dienone is 2. The molecule has 0 aromatic heterocycles. The van der Waals surface area contributed by atoms with Crippen LogP contribution in [0, 0.1) is 0 Å². The molecule has 0 saturated carbocycles. The lowest BCUT2D eigenvalue weighted by atomic mass is 10.5. The smallest absolute Gasteiger partial charge is 0.412 e. The third-order valence-electron chi connectivity index (χ3n) is 0.834. The Hall–Kier alpha value is -0.453. The first-order valence-electron chi connectivity index (χ1n) is 3.55. The van der Waals surface area contributed by atoms with Crippen molar-refractivity contribution < 1.29 is 17.6 Å². The summed E-state index contributed by atoms with van der Waals surface area (Å²) in [5.41, 5.74) is 0. The van der Waals surface area contributed by atoms with E-state index in [0.717, 1.165) is 0 Å². The van der Waals surface area contributed by atoms with Crippen LogP contribution in [0.4, 0.5) is 13.2 Å². The summed E-state index contributed by atoms with van der Waals surface area (Å²) in [5, 5.41) is 0. The van der Waals surface area contributed by atoms with Gasteiger partial charge >= 0.3 is 6.18 Å². The lowest BCUT2D eigenvalue weighted by Crippen LogP contribution is -2.24. The largest absolute Gasteiger partial charge is 0.548 e. The van der Waals surface area contributed by atoms with Gasteiger partial charge in [-0.05, 0) is 26.6 Å². The predicted octanol–water partition coefficient (Wildman–Crippen LogP) is 3.30. The molecule has 0 rings (SSSR count). The van der Waals surface area contributed by atoms with E-state index < -0.39 is 14.5 Å². The van der Waals surface area contributed by atoms with E-state index in [0.29, 0.717) is 0 Å². The van der Waals surface area contributed by atoms with Gasteiger partial charge in [-0.3, -0.25) is 0 Å². The number of rotatable bonds is 2. The molecule has 0 radical (unpaired) electrons. The van der Waals surface area contributed by atoms with Gasteiger partial charge in [0.05, 0.1) is 11.8 Å². The maximum Gasteiger partial charge on any atom is 0.412 e. The maximum atomic E-state index is 11.7. The SMILES string of the molecule is CC(=CC(F)(F)F)O[Si](C)(C)C. The summed E-state index contributed by atoms with van der Waals surface area (Å²) in [7, 11) is -1.89. The highest BCUT2D eigenvalue weighted by atomic mass is 28.4. The van der Waals surface area contributed by atoms with Gasteiger partial charge in [0.1, 0.15) is 0 Å². The third kappa shape index (κ3) is 7.65. The molecule has 1 nitrogen and oxygen atoms in total. The molecule has 5 heteroatoms. The average molecular weight is 198 g/mol. The monoisotopic (exact) mass is 198 g/mol. The Labute approximate surface area is 71.4 Å². The van der Waals surface area contributed by atoms with Crippen molar-refractivity contribution in [3.05, 3.63) is 11.8 Å². The summed E-state index contributed by atoms with van der Waals surface area (Å²) >= 11 is 0. The zero-order chi connectivity index (χ0) is 9.99. The summed E-state index contributed by atoms with van der Waals surface area (Å²) in [6, 6.07) is 0. The minimum atomic E-state index is -4.27. The molecule has 0 aliphatic heterocycles. The average Bonchev–Trinajstić information content (AvgIpc) is 1.49. The van der Waals surface area contributed by atoms with E-state index >= 15 is 0 Å². The molecule has 0 atom stereocenters. The second-order valence-corrected chi connectivity index (χ2v) is 7.94. The minimum Gasteiger partial charge on any atom is -0.548 e. The molecule has 0 bridgehead atoms. The molecule has 0 heterocycles. The molecule has 0 aromatic rings. The molecule has 0 unspecified atom stereocenters. The summed E-state index contributed by atoms with van der Waals surface area (Å²) in [4.78, 5) is 0. The summed E-state index contributed by atoms with van der Waals surface area (Å²) < 4.78 is 40.3. The van der Waals surface area contributed by atoms with Gasteiger partial charge in [-0.15, -0.1) is 0 Å². The van der Waals surface area contributed by atoms with Crippen LogP contribution in [-0.4, -0.2) is 14.5 Å². The standard InChI is InChI=1S/C7H13F3OSi/c1-6(5-7(8,9)10)11-12(2,3)4/h5H,1-4H3. The van der Waals surface area contributed by atoms with Crippen molar-refractivity contribution in [3.8, 4) is 0 Å². The van der Waals surface area contributed by atoms with Gasteiger partial charge in [-0.2, -0.15) is 13.2 Å². The Bertz CT molecular complexity index is 178. The van der Waals surface area contributed by atoms with Crippen LogP contribution < -0.4 is 0 Å². The van der Waals surface area contributed by atoms with Crippen LogP contribution >= 0.6 is 0 Å². The molecular weight excluding hydrogens is 185 g/mol. The fourth-order valence-corrected chi connectivity index (χ4v) is 1.77. The van der Waals surface area contributed by atoms with Crippen LogP contribution in [0.3, 0.4) is 0 Å². The van der Waals surface area contributed by atoms with E-state index in [1.54, 1.807) is 0 Å². The molecule has 0 N–H and O–H groups in total. The Kier molecular flexibility index (Phi) is 3.38. The summed E-state index contributed by atoms with van der Waals surface area (Å²) in [5.74, 6) is -0.0540. The minimum absolute atomic E-state index is 0.0540. The van der Waals surface area contributed by atoms with Crippen molar-refractivity contribution in [2.75, 3.05) is 0 Å². The lowest BCUT2D eigenvalue weighted by Gasteiger charge is -2.19. The first-order chi connectivity index (χ1) is 5.10. The van der Waals surface area contributed by atoms with Gasteiger partial charge in [0.15, 0.2) is 0 Å². The molecule has 0 spiro atoms. The van der Waals surface area contributed by atoms with Crippen LogP contribution in [0.5, 0.6) is 0 Å². The zero-order valence-corrected chi connectivity index (χ0v) is 8.62. The fourth-order valence-electron chi connectivity index (χ4n) is 0.743. The van der Waals surface area contributed by atoms with Gasteiger partial charge in [-0.25, -0.2) is 0 Å². The van der Waals surface area contributed by atoms with Crippen molar-refractivity contribution in [3.63, 3.8) is 0 Å². The van der Waals surface area contributed by atoms with E-state index in [2.05, 4.69) is 0 Å². The third-order valence-corrected chi connectivity index (χ3v) is 1.77. The van der Waals surface area contributed by atoms with Crippen molar-refractivity contribution in [1.82, 2.24) is 0 Å². The van der Waals surface area contributed by atoms with Crippen LogP contribution in [-0.2, 0) is 4.43 Å². The van der Waals surface area contributed by atoms with Crippen molar-refractivity contribution in [2.45, 2.75) is 32.7 Å². The zero-order valence-electron chi connectivity index (χ0n) is 7.62. The molecule has 0 aliphatic rings. The number of hydrogen-bond donors (Lipinski definition) is 0. The first kappa shape index (κ1) is 11.5. The van der Waals surface area contributed by atoms with Crippen molar-refractivity contribution >= 4 is 8.32 Å². The Morgan fingerprint density at radius 2 is 1.67 bits per heavy atom. The van der Waals surface area contributed by atoms with E-state index in [4.69, 9.17) is 4.43 Å². The van der Waals surface area contributed by atoms with Crippen LogP contribution in [0.25, 0.3) is 0 Å². The quantitative estimate of drug-likeness (QED) is 0.488. The molecule has 0 amide bonds. The highest BCUT2D eigenvalue weighted by Gasteiger charge is 2.25. The van der Waals surface area contributed by atoms with Gasteiger partial charge in [0, 0.05) is 0 Å².